The topological polar surface area (TPSA) is 103 Å². The minimum atomic E-state index is -0.669. The number of rotatable bonds is 4. The van der Waals surface area contributed by atoms with Crippen molar-refractivity contribution in [2.75, 3.05) is 11.1 Å². The van der Waals surface area contributed by atoms with Crippen molar-refractivity contribution in [2.45, 2.75) is 18.3 Å². The van der Waals surface area contributed by atoms with Gasteiger partial charge in [-0.1, -0.05) is 46.7 Å². The summed E-state index contributed by atoms with van der Waals surface area (Å²) in [6, 6.07) is 12.0. The van der Waals surface area contributed by atoms with Crippen molar-refractivity contribution in [3.05, 3.63) is 62.6 Å². The molecular weight excluding hydrogens is 446 g/mol. The van der Waals surface area contributed by atoms with E-state index in [0.717, 1.165) is 21.5 Å². The van der Waals surface area contributed by atoms with Crippen LogP contribution in [-0.2, 0) is 0 Å². The Morgan fingerprint density at radius 2 is 2.14 bits per heavy atom. The largest absolute Gasteiger partial charge is 0.448 e. The smallest absolute Gasteiger partial charge is 0.269 e. The SMILES string of the molecule is CCSc1nnc2c(n1)O[C@@H](c1cccc([N+](=O)[O-])c1)Nc1ccc(Br)cc1-2. The molecular formula is C18H14BrN5O3S. The number of nitrogens with one attached hydrogen (secondary N) is 1. The minimum Gasteiger partial charge on any atom is -0.448 e. The summed E-state index contributed by atoms with van der Waals surface area (Å²) in [5.74, 6) is 1.13. The van der Waals surface area contributed by atoms with Crippen molar-refractivity contribution in [1.29, 1.82) is 0 Å². The van der Waals surface area contributed by atoms with Crippen molar-refractivity contribution in [3.8, 4) is 17.1 Å². The Morgan fingerprint density at radius 3 is 2.93 bits per heavy atom. The quantitative estimate of drug-likeness (QED) is 0.336. The van der Waals surface area contributed by atoms with Crippen molar-refractivity contribution < 1.29 is 9.66 Å². The van der Waals surface area contributed by atoms with Gasteiger partial charge in [0.25, 0.3) is 5.69 Å². The van der Waals surface area contributed by atoms with Crippen molar-refractivity contribution in [2.24, 2.45) is 0 Å². The standard InChI is InChI=1S/C18H14BrN5O3S/c1-2-28-18-21-17-15(22-23-18)13-9-11(19)6-7-14(13)20-16(27-17)10-4-3-5-12(8-10)24(25)26/h3-9,16,20H,2H2,1H3/t16-/m0/s1. The molecule has 0 bridgehead atoms. The van der Waals surface area contributed by atoms with E-state index >= 15 is 0 Å². The number of thioether (sulfide) groups is 1. The molecule has 0 aliphatic carbocycles. The van der Waals surface area contributed by atoms with Crippen molar-refractivity contribution in [3.63, 3.8) is 0 Å². The Bertz CT molecular complexity index is 1070. The average Bonchev–Trinajstić information content (AvgIpc) is 2.84. The Balaban J connectivity index is 1.84. The van der Waals surface area contributed by atoms with E-state index in [2.05, 4.69) is 36.4 Å². The Kier molecular flexibility index (Phi) is 5.14. The molecule has 10 heteroatoms. The van der Waals surface area contributed by atoms with Crippen LogP contribution in [0.4, 0.5) is 11.4 Å². The first kappa shape index (κ1) is 18.6. The number of nitro groups is 1. The maximum atomic E-state index is 11.2. The number of nitro benzene ring substituents is 1. The Hall–Kier alpha value is -2.72. The molecule has 0 amide bonds. The van der Waals surface area contributed by atoms with Crippen LogP contribution in [0.2, 0.25) is 0 Å². The van der Waals surface area contributed by atoms with Gasteiger partial charge in [0.05, 0.1) is 4.92 Å². The van der Waals surface area contributed by atoms with Crippen LogP contribution in [0, 0.1) is 10.1 Å². The van der Waals surface area contributed by atoms with Gasteiger partial charge >= 0.3 is 0 Å². The molecule has 1 aliphatic heterocycles. The summed E-state index contributed by atoms with van der Waals surface area (Å²) >= 11 is 4.94. The molecule has 0 saturated carbocycles. The summed E-state index contributed by atoms with van der Waals surface area (Å²) < 4.78 is 6.99. The molecule has 142 valence electrons. The zero-order valence-electron chi connectivity index (χ0n) is 14.6. The molecule has 0 radical (unpaired) electrons. The van der Waals surface area contributed by atoms with Crippen LogP contribution < -0.4 is 10.1 Å². The van der Waals surface area contributed by atoms with Gasteiger partial charge in [-0.05, 0) is 24.0 Å². The predicted octanol–water partition coefficient (Wildman–Crippen LogP) is 4.82. The first-order valence-corrected chi connectivity index (χ1v) is 10.2. The molecule has 8 nitrogen and oxygen atoms in total. The predicted molar refractivity (Wildman–Crippen MR) is 109 cm³/mol. The summed E-state index contributed by atoms with van der Waals surface area (Å²) in [4.78, 5) is 15.2. The van der Waals surface area contributed by atoms with Gasteiger partial charge in [0.1, 0.15) is 0 Å². The highest BCUT2D eigenvalue weighted by Gasteiger charge is 2.27. The molecule has 1 aliphatic rings. The molecule has 0 fully saturated rings. The average molecular weight is 460 g/mol. The lowest BCUT2D eigenvalue weighted by Gasteiger charge is -2.19. The molecule has 4 rings (SSSR count). The van der Waals surface area contributed by atoms with Gasteiger partial charge in [0.2, 0.25) is 11.0 Å². The molecule has 1 atom stereocenters. The number of ether oxygens (including phenoxy) is 1. The van der Waals surface area contributed by atoms with Crippen LogP contribution in [0.25, 0.3) is 11.3 Å². The summed E-state index contributed by atoms with van der Waals surface area (Å²) in [7, 11) is 0. The van der Waals surface area contributed by atoms with Gasteiger partial charge in [-0.2, -0.15) is 4.98 Å². The van der Waals surface area contributed by atoms with Gasteiger partial charge in [-0.15, -0.1) is 10.2 Å². The molecule has 0 unspecified atom stereocenters. The summed E-state index contributed by atoms with van der Waals surface area (Å²) in [6.07, 6.45) is -0.669. The second-order valence-corrected chi connectivity index (χ2v) is 8.01. The first-order valence-electron chi connectivity index (χ1n) is 8.40. The zero-order chi connectivity index (χ0) is 19.7. The Morgan fingerprint density at radius 1 is 1.29 bits per heavy atom. The number of hydrogen-bond donors (Lipinski definition) is 1. The molecule has 2 heterocycles. The van der Waals surface area contributed by atoms with E-state index in [-0.39, 0.29) is 5.69 Å². The van der Waals surface area contributed by atoms with E-state index < -0.39 is 11.2 Å². The third kappa shape index (κ3) is 3.65. The highest BCUT2D eigenvalue weighted by molar-refractivity contribution is 9.10. The highest BCUT2D eigenvalue weighted by atomic mass is 79.9. The van der Waals surface area contributed by atoms with Gasteiger partial charge < -0.3 is 10.1 Å². The fraction of sp³-hybridized carbons (Fsp3) is 0.167. The number of hydrogen-bond acceptors (Lipinski definition) is 8. The van der Waals surface area contributed by atoms with E-state index in [1.54, 1.807) is 12.1 Å². The lowest BCUT2D eigenvalue weighted by atomic mass is 10.1. The van der Waals surface area contributed by atoms with E-state index in [0.29, 0.717) is 22.3 Å². The monoisotopic (exact) mass is 459 g/mol. The molecule has 2 aromatic carbocycles. The molecule has 0 saturated heterocycles. The minimum absolute atomic E-state index is 0.00793. The van der Waals surface area contributed by atoms with E-state index in [1.807, 2.05) is 25.1 Å². The van der Waals surface area contributed by atoms with Crippen LogP contribution in [0.1, 0.15) is 18.7 Å². The normalized spacial score (nSPS) is 14.9. The lowest BCUT2D eigenvalue weighted by Crippen LogP contribution is -2.17. The van der Waals surface area contributed by atoms with Crippen LogP contribution in [0.5, 0.6) is 5.88 Å². The van der Waals surface area contributed by atoms with Gasteiger partial charge in [-0.25, -0.2) is 0 Å². The maximum Gasteiger partial charge on any atom is 0.269 e. The van der Waals surface area contributed by atoms with Crippen LogP contribution in [0.15, 0.2) is 52.1 Å². The summed E-state index contributed by atoms with van der Waals surface area (Å²) in [5.41, 5.74) is 2.67. The second kappa shape index (κ2) is 7.72. The van der Waals surface area contributed by atoms with E-state index in [1.165, 1.54) is 23.9 Å². The van der Waals surface area contributed by atoms with E-state index in [9.17, 15) is 10.1 Å². The number of nitrogens with zero attached hydrogens (tertiary/aromatic N) is 4. The first-order chi connectivity index (χ1) is 13.5. The summed E-state index contributed by atoms with van der Waals surface area (Å²) in [5, 5.41) is 23.5. The second-order valence-electron chi connectivity index (χ2n) is 5.87. The number of aromatic nitrogens is 3. The van der Waals surface area contributed by atoms with Gasteiger partial charge in [0.15, 0.2) is 11.9 Å². The number of non-ortho nitro benzene ring substituents is 1. The number of fused-ring (bicyclic) bond motifs is 3. The third-order valence-corrected chi connectivity index (χ3v) is 5.26. The molecule has 28 heavy (non-hydrogen) atoms. The molecule has 3 aromatic rings. The van der Waals surface area contributed by atoms with Gasteiger partial charge in [-0.3, -0.25) is 10.1 Å². The zero-order valence-corrected chi connectivity index (χ0v) is 17.0. The van der Waals surface area contributed by atoms with Crippen LogP contribution in [-0.4, -0.2) is 25.9 Å². The molecule has 0 spiro atoms. The summed E-state index contributed by atoms with van der Waals surface area (Å²) in [6.45, 7) is 2.00. The van der Waals surface area contributed by atoms with Crippen molar-refractivity contribution in [1.82, 2.24) is 15.2 Å². The fourth-order valence-electron chi connectivity index (χ4n) is 2.81. The highest BCUT2D eigenvalue weighted by Crippen LogP contribution is 2.41. The van der Waals surface area contributed by atoms with Crippen LogP contribution in [0.3, 0.4) is 0 Å². The van der Waals surface area contributed by atoms with E-state index in [4.69, 9.17) is 4.74 Å². The number of halogens is 1. The molecule has 1 N–H and O–H groups in total. The Labute approximate surface area is 173 Å². The van der Waals surface area contributed by atoms with Crippen molar-refractivity contribution >= 4 is 39.1 Å². The fourth-order valence-corrected chi connectivity index (χ4v) is 3.68. The van der Waals surface area contributed by atoms with Gasteiger partial charge in [0, 0.05) is 33.4 Å². The number of benzene rings is 2. The van der Waals surface area contributed by atoms with Crippen LogP contribution >= 0.6 is 27.7 Å². The maximum absolute atomic E-state index is 11.2. The third-order valence-electron chi connectivity index (χ3n) is 4.05. The lowest BCUT2D eigenvalue weighted by molar-refractivity contribution is -0.385. The molecule has 1 aromatic heterocycles. The number of anilines is 1.